The van der Waals surface area contributed by atoms with Crippen LogP contribution in [-0.4, -0.2) is 72.1 Å². The molecule has 3 heterocycles. The van der Waals surface area contributed by atoms with Crippen LogP contribution >= 0.6 is 0 Å². The topological polar surface area (TPSA) is 105 Å². The van der Waals surface area contributed by atoms with E-state index in [0.717, 1.165) is 6.04 Å². The Morgan fingerprint density at radius 1 is 1.30 bits per heavy atom. The van der Waals surface area contributed by atoms with Crippen molar-refractivity contribution >= 4 is 31.0 Å². The van der Waals surface area contributed by atoms with Crippen LogP contribution in [0.2, 0.25) is 25.7 Å². The van der Waals surface area contributed by atoms with Gasteiger partial charge in [-0.3, -0.25) is 0 Å². The Morgan fingerprint density at radius 2 is 2.07 bits per heavy atom. The van der Waals surface area contributed by atoms with Crippen molar-refractivity contribution in [1.82, 2.24) is 19.4 Å². The molecule has 0 unspecified atom stereocenters. The Morgan fingerprint density at radius 3 is 2.74 bits per heavy atom. The first kappa shape index (κ1) is 32.0. The van der Waals surface area contributed by atoms with Crippen molar-refractivity contribution in [3.05, 3.63) is 54.4 Å². The molecule has 1 saturated heterocycles. The molecule has 0 spiro atoms. The zero-order chi connectivity index (χ0) is 31.4. The molecule has 1 N–H and O–H groups in total. The number of fused-ring (bicyclic) bond motifs is 1. The molecule has 0 saturated carbocycles. The van der Waals surface area contributed by atoms with Crippen molar-refractivity contribution in [1.29, 1.82) is 5.26 Å². The standard InChI is InChI=1S/C29H34F4N6O3Si/c1-5-8-42-28(40)38-15-20(30)12-21(16-38)36-27-35-14-24(29(31,32)33)26(37-27)23-17-39(18-41-9-10-43(2,3)4)25-11-19(13-34)6-7-22(23)25/h5-7,11,14,17,20-21H,1,8-10,12,15-16,18H2,2-4H3,(H,35,36,37)/t20-,21-/m0/s1. The van der Waals surface area contributed by atoms with Crippen molar-refractivity contribution in [2.24, 2.45) is 0 Å². The van der Waals surface area contributed by atoms with Gasteiger partial charge in [0.15, 0.2) is 0 Å². The summed E-state index contributed by atoms with van der Waals surface area (Å²) in [5.74, 6) is -0.151. The second-order valence-corrected chi connectivity index (χ2v) is 17.2. The molecule has 0 aliphatic carbocycles. The summed E-state index contributed by atoms with van der Waals surface area (Å²) in [6, 6.07) is 7.00. The van der Waals surface area contributed by atoms with Gasteiger partial charge in [0.2, 0.25) is 5.95 Å². The van der Waals surface area contributed by atoms with Gasteiger partial charge in [-0.25, -0.2) is 19.2 Å². The lowest BCUT2D eigenvalue weighted by atomic mass is 10.0. The molecule has 1 aromatic carbocycles. The lowest BCUT2D eigenvalue weighted by Gasteiger charge is -2.34. The summed E-state index contributed by atoms with van der Waals surface area (Å²) < 4.78 is 69.7. The number of alkyl halides is 4. The molecule has 1 fully saturated rings. The van der Waals surface area contributed by atoms with Crippen LogP contribution in [0.1, 0.15) is 17.5 Å². The van der Waals surface area contributed by atoms with Gasteiger partial charge in [-0.2, -0.15) is 18.4 Å². The van der Waals surface area contributed by atoms with E-state index in [-0.39, 0.29) is 50.1 Å². The van der Waals surface area contributed by atoms with Crippen LogP contribution < -0.4 is 5.32 Å². The fourth-order valence-corrected chi connectivity index (χ4v) is 5.51. The highest BCUT2D eigenvalue weighted by Crippen LogP contribution is 2.39. The number of nitrogens with one attached hydrogen (secondary N) is 1. The van der Waals surface area contributed by atoms with Crippen LogP contribution in [0.15, 0.2) is 43.2 Å². The van der Waals surface area contributed by atoms with Crippen molar-refractivity contribution in [2.45, 2.75) is 57.2 Å². The number of halogens is 4. The number of hydrogen-bond acceptors (Lipinski definition) is 7. The Labute approximate surface area is 248 Å². The fraction of sp³-hybridized carbons (Fsp3) is 0.448. The van der Waals surface area contributed by atoms with Gasteiger partial charge in [-0.05, 0) is 18.2 Å². The Kier molecular flexibility index (Phi) is 9.76. The Hall–Kier alpha value is -3.96. The lowest BCUT2D eigenvalue weighted by Crippen LogP contribution is -2.50. The van der Waals surface area contributed by atoms with Crippen molar-refractivity contribution in [2.75, 3.05) is 31.6 Å². The van der Waals surface area contributed by atoms with E-state index in [1.807, 2.05) is 0 Å². The number of hydrogen-bond donors (Lipinski definition) is 1. The average molecular weight is 619 g/mol. The molecular formula is C29H34F4N6O3Si. The molecule has 43 heavy (non-hydrogen) atoms. The minimum Gasteiger partial charge on any atom is -0.445 e. The summed E-state index contributed by atoms with van der Waals surface area (Å²) in [5, 5.41) is 12.8. The van der Waals surface area contributed by atoms with Gasteiger partial charge in [0.25, 0.3) is 0 Å². The molecule has 14 heteroatoms. The summed E-state index contributed by atoms with van der Waals surface area (Å²) in [5.41, 5.74) is -0.397. The van der Waals surface area contributed by atoms with Crippen molar-refractivity contribution in [3.8, 4) is 17.3 Å². The number of carbonyl (C=O) groups is 1. The van der Waals surface area contributed by atoms with Crippen LogP contribution in [0.25, 0.3) is 22.2 Å². The molecular weight excluding hydrogens is 584 g/mol. The molecule has 1 aliphatic heterocycles. The number of nitriles is 1. The van der Waals surface area contributed by atoms with E-state index >= 15 is 0 Å². The first-order valence-corrected chi connectivity index (χ1v) is 17.5. The summed E-state index contributed by atoms with van der Waals surface area (Å²) in [7, 11) is -1.37. The first-order valence-electron chi connectivity index (χ1n) is 13.8. The number of piperidine rings is 1. The minimum absolute atomic E-state index is 0.00401. The quantitative estimate of drug-likeness (QED) is 0.121. The highest BCUT2D eigenvalue weighted by atomic mass is 28.3. The van der Waals surface area contributed by atoms with Crippen LogP contribution in [0.3, 0.4) is 0 Å². The van der Waals surface area contributed by atoms with Crippen LogP contribution in [0, 0.1) is 11.3 Å². The molecule has 3 aromatic rings. The number of likely N-dealkylation sites (tertiary alicyclic amines) is 1. The number of amides is 1. The molecule has 9 nitrogen and oxygen atoms in total. The predicted molar refractivity (Wildman–Crippen MR) is 157 cm³/mol. The second-order valence-electron chi connectivity index (χ2n) is 11.6. The summed E-state index contributed by atoms with van der Waals surface area (Å²) >= 11 is 0. The smallest absolute Gasteiger partial charge is 0.419 e. The number of benzene rings is 1. The highest BCUT2D eigenvalue weighted by molar-refractivity contribution is 6.76. The average Bonchev–Trinajstić information content (AvgIpc) is 3.30. The monoisotopic (exact) mass is 618 g/mol. The van der Waals surface area contributed by atoms with E-state index in [2.05, 4.69) is 47.6 Å². The van der Waals surface area contributed by atoms with E-state index < -0.39 is 38.1 Å². The molecule has 1 aliphatic rings. The van der Waals surface area contributed by atoms with Crippen LogP contribution in [-0.2, 0) is 22.4 Å². The maximum Gasteiger partial charge on any atom is 0.419 e. The molecule has 0 bridgehead atoms. The number of ether oxygens (including phenoxy) is 2. The van der Waals surface area contributed by atoms with Gasteiger partial charge in [-0.15, -0.1) is 0 Å². The number of nitrogens with zero attached hydrogens (tertiary/aromatic N) is 5. The molecule has 4 rings (SSSR count). The van der Waals surface area contributed by atoms with Gasteiger partial charge in [0, 0.05) is 57.0 Å². The first-order chi connectivity index (χ1) is 20.3. The van der Waals surface area contributed by atoms with E-state index in [1.165, 1.54) is 23.2 Å². The zero-order valence-electron chi connectivity index (χ0n) is 24.2. The fourth-order valence-electron chi connectivity index (χ4n) is 4.76. The largest absolute Gasteiger partial charge is 0.445 e. The van der Waals surface area contributed by atoms with E-state index in [1.54, 1.807) is 16.7 Å². The molecule has 0 radical (unpaired) electrons. The highest BCUT2D eigenvalue weighted by Gasteiger charge is 2.37. The van der Waals surface area contributed by atoms with Crippen LogP contribution in [0.5, 0.6) is 0 Å². The Balaban J connectivity index is 1.69. The van der Waals surface area contributed by atoms with Gasteiger partial charge >= 0.3 is 12.3 Å². The maximum atomic E-state index is 14.5. The van der Waals surface area contributed by atoms with Gasteiger partial charge < -0.3 is 24.3 Å². The third-order valence-corrected chi connectivity index (χ3v) is 8.61. The van der Waals surface area contributed by atoms with Crippen molar-refractivity contribution in [3.63, 3.8) is 0 Å². The number of rotatable bonds is 10. The maximum absolute atomic E-state index is 14.5. The van der Waals surface area contributed by atoms with E-state index in [0.29, 0.717) is 29.3 Å². The second kappa shape index (κ2) is 13.1. The van der Waals surface area contributed by atoms with Gasteiger partial charge in [-0.1, -0.05) is 38.4 Å². The van der Waals surface area contributed by atoms with Gasteiger partial charge in [0.1, 0.15) is 25.1 Å². The summed E-state index contributed by atoms with van der Waals surface area (Å²) in [6.45, 7) is 10.5. The molecule has 230 valence electrons. The molecule has 2 atom stereocenters. The zero-order valence-corrected chi connectivity index (χ0v) is 25.2. The summed E-state index contributed by atoms with van der Waals surface area (Å²) in [6.07, 6.45) is -3.28. The van der Waals surface area contributed by atoms with Crippen LogP contribution in [0.4, 0.5) is 28.3 Å². The predicted octanol–water partition coefficient (Wildman–Crippen LogP) is 6.45. The normalized spacial score (nSPS) is 17.5. The lowest BCUT2D eigenvalue weighted by molar-refractivity contribution is -0.137. The van der Waals surface area contributed by atoms with E-state index in [9.17, 15) is 27.6 Å². The minimum atomic E-state index is -4.77. The molecule has 1 amide bonds. The van der Waals surface area contributed by atoms with Crippen molar-refractivity contribution < 1.29 is 31.8 Å². The summed E-state index contributed by atoms with van der Waals surface area (Å²) in [4.78, 5) is 21.6. The number of aromatic nitrogens is 3. The number of anilines is 1. The third-order valence-electron chi connectivity index (χ3n) is 6.90. The number of carbonyl (C=O) groups excluding carboxylic acids is 1. The SMILES string of the molecule is C=CCOC(=O)N1C[C@@H](F)C[C@H](Nc2ncc(C(F)(F)F)c(-c3cn(COCC[Si](C)(C)C)c4cc(C#N)ccc34)n2)C1. The Bertz CT molecular complexity index is 1510. The third kappa shape index (κ3) is 8.11. The van der Waals surface area contributed by atoms with Gasteiger partial charge in [0.05, 0.1) is 29.4 Å². The van der Waals surface area contributed by atoms with E-state index in [4.69, 9.17) is 9.47 Å². The molecule has 2 aromatic heterocycles.